The molecule has 1 aromatic carbocycles. The van der Waals surface area contributed by atoms with Crippen LogP contribution in [0.2, 0.25) is 0 Å². The van der Waals surface area contributed by atoms with E-state index in [0.717, 1.165) is 32.1 Å². The van der Waals surface area contributed by atoms with Crippen molar-refractivity contribution < 1.29 is 16.8 Å². The first kappa shape index (κ1) is 20.3. The molecule has 2 aliphatic carbocycles. The standard InChI is InChI=1S/C20H30N2O4S2/c1-19(2)15-10-11-20(19,3)18(14-15)21-27(23,24)16-6-8-17(9-7-16)28(25,26)22-12-4-5-13-22/h6-9,15,18,21H,4-5,10-14H2,1-3H3/t15-,18+,20-/m0/s1. The van der Waals surface area contributed by atoms with Gasteiger partial charge in [0.05, 0.1) is 9.79 Å². The number of fused-ring (bicyclic) bond motifs is 2. The summed E-state index contributed by atoms with van der Waals surface area (Å²) in [5, 5.41) is 0. The van der Waals surface area contributed by atoms with E-state index < -0.39 is 20.0 Å². The van der Waals surface area contributed by atoms with Gasteiger partial charge < -0.3 is 0 Å². The van der Waals surface area contributed by atoms with Crippen LogP contribution in [0.3, 0.4) is 0 Å². The van der Waals surface area contributed by atoms with Gasteiger partial charge in [-0.2, -0.15) is 4.31 Å². The third kappa shape index (κ3) is 2.95. The predicted molar refractivity (Wildman–Crippen MR) is 108 cm³/mol. The van der Waals surface area contributed by atoms with Crippen LogP contribution in [0.5, 0.6) is 0 Å². The summed E-state index contributed by atoms with van der Waals surface area (Å²) in [6.07, 6.45) is 4.79. The molecule has 2 saturated carbocycles. The summed E-state index contributed by atoms with van der Waals surface area (Å²) < 4.78 is 55.6. The Morgan fingerprint density at radius 2 is 1.54 bits per heavy atom. The average Bonchev–Trinajstić information content (AvgIpc) is 3.29. The van der Waals surface area contributed by atoms with Crippen molar-refractivity contribution in [1.82, 2.24) is 9.03 Å². The van der Waals surface area contributed by atoms with Crippen LogP contribution in [-0.4, -0.2) is 40.3 Å². The van der Waals surface area contributed by atoms with Gasteiger partial charge in [-0.05, 0) is 73.1 Å². The summed E-state index contributed by atoms with van der Waals surface area (Å²) in [5.41, 5.74) is 0.0671. The first-order valence-corrected chi connectivity index (χ1v) is 13.0. The topological polar surface area (TPSA) is 83.5 Å². The number of hydrogen-bond acceptors (Lipinski definition) is 4. The Morgan fingerprint density at radius 3 is 2.04 bits per heavy atom. The van der Waals surface area contributed by atoms with Gasteiger partial charge >= 0.3 is 0 Å². The molecule has 1 aliphatic heterocycles. The fourth-order valence-corrected chi connectivity index (χ4v) is 8.38. The summed E-state index contributed by atoms with van der Waals surface area (Å²) in [5.74, 6) is 0.540. The highest BCUT2D eigenvalue weighted by atomic mass is 32.2. The Bertz CT molecular complexity index is 964. The second kappa shape index (κ2) is 6.52. The van der Waals surface area contributed by atoms with Crippen LogP contribution in [0, 0.1) is 16.7 Å². The molecule has 3 atom stereocenters. The van der Waals surface area contributed by atoms with E-state index in [1.54, 1.807) is 0 Å². The molecule has 3 aliphatic rings. The molecule has 0 aromatic heterocycles. The minimum atomic E-state index is -3.69. The molecule has 0 unspecified atom stereocenters. The molecule has 1 saturated heterocycles. The van der Waals surface area contributed by atoms with Crippen molar-refractivity contribution >= 4 is 20.0 Å². The molecule has 6 nitrogen and oxygen atoms in total. The van der Waals surface area contributed by atoms with Crippen LogP contribution < -0.4 is 4.72 Å². The van der Waals surface area contributed by atoms with Gasteiger partial charge in [0.1, 0.15) is 0 Å². The van der Waals surface area contributed by atoms with E-state index in [9.17, 15) is 16.8 Å². The highest BCUT2D eigenvalue weighted by Gasteiger charge is 2.61. The fraction of sp³-hybridized carbons (Fsp3) is 0.700. The maximum atomic E-state index is 13.0. The van der Waals surface area contributed by atoms with E-state index >= 15 is 0 Å². The molecule has 28 heavy (non-hydrogen) atoms. The molecular formula is C20H30N2O4S2. The van der Waals surface area contributed by atoms with E-state index in [4.69, 9.17) is 0 Å². The molecule has 2 bridgehead atoms. The van der Waals surface area contributed by atoms with E-state index in [-0.39, 0.29) is 26.7 Å². The van der Waals surface area contributed by atoms with Gasteiger partial charge in [0.15, 0.2) is 0 Å². The number of sulfonamides is 2. The number of nitrogens with one attached hydrogen (secondary N) is 1. The third-order valence-electron chi connectivity index (χ3n) is 7.93. The second-order valence-corrected chi connectivity index (χ2v) is 13.0. The van der Waals surface area contributed by atoms with Crippen LogP contribution >= 0.6 is 0 Å². The zero-order valence-electron chi connectivity index (χ0n) is 16.8. The molecule has 1 heterocycles. The van der Waals surface area contributed by atoms with E-state index in [0.29, 0.717) is 19.0 Å². The summed E-state index contributed by atoms with van der Waals surface area (Å²) >= 11 is 0. The summed E-state index contributed by atoms with van der Waals surface area (Å²) in [6, 6.07) is 5.56. The second-order valence-electron chi connectivity index (χ2n) is 9.37. The Labute approximate surface area is 168 Å². The van der Waals surface area contributed by atoms with Gasteiger partial charge in [0, 0.05) is 19.1 Å². The van der Waals surface area contributed by atoms with Crippen LogP contribution in [0.15, 0.2) is 34.1 Å². The fourth-order valence-electron chi connectivity index (χ4n) is 5.51. The number of rotatable bonds is 5. The molecule has 1 aromatic rings. The molecular weight excluding hydrogens is 396 g/mol. The zero-order valence-corrected chi connectivity index (χ0v) is 18.4. The lowest BCUT2D eigenvalue weighted by atomic mass is 9.69. The Hall–Kier alpha value is -0.960. The summed E-state index contributed by atoms with van der Waals surface area (Å²) in [4.78, 5) is 0.276. The lowest BCUT2D eigenvalue weighted by molar-refractivity contribution is 0.130. The molecule has 8 heteroatoms. The lowest BCUT2D eigenvalue weighted by Gasteiger charge is -2.39. The Morgan fingerprint density at radius 1 is 0.964 bits per heavy atom. The monoisotopic (exact) mass is 426 g/mol. The van der Waals surface area contributed by atoms with Crippen LogP contribution in [0.4, 0.5) is 0 Å². The number of benzene rings is 1. The van der Waals surface area contributed by atoms with E-state index in [2.05, 4.69) is 25.5 Å². The van der Waals surface area contributed by atoms with Crippen molar-refractivity contribution in [3.63, 3.8) is 0 Å². The van der Waals surface area contributed by atoms with Crippen LogP contribution in [-0.2, 0) is 20.0 Å². The van der Waals surface area contributed by atoms with Crippen molar-refractivity contribution in [1.29, 1.82) is 0 Å². The van der Waals surface area contributed by atoms with Gasteiger partial charge in [-0.25, -0.2) is 21.6 Å². The highest BCUT2D eigenvalue weighted by Crippen LogP contribution is 2.65. The quantitative estimate of drug-likeness (QED) is 0.785. The predicted octanol–water partition coefficient (Wildman–Crippen LogP) is 2.96. The lowest BCUT2D eigenvalue weighted by Crippen LogP contribution is -2.46. The number of hydrogen-bond donors (Lipinski definition) is 1. The van der Waals surface area contributed by atoms with Gasteiger partial charge in [-0.1, -0.05) is 20.8 Å². The Kier molecular flexibility index (Phi) is 4.73. The third-order valence-corrected chi connectivity index (χ3v) is 11.3. The van der Waals surface area contributed by atoms with Crippen molar-refractivity contribution in [2.24, 2.45) is 16.7 Å². The largest absolute Gasteiger partial charge is 0.243 e. The molecule has 0 amide bonds. The van der Waals surface area contributed by atoms with Gasteiger partial charge in [0.25, 0.3) is 0 Å². The normalized spacial score (nSPS) is 32.8. The minimum Gasteiger partial charge on any atom is -0.207 e. The maximum Gasteiger partial charge on any atom is 0.243 e. The van der Waals surface area contributed by atoms with Gasteiger partial charge in [0.2, 0.25) is 20.0 Å². The number of nitrogens with zero attached hydrogens (tertiary/aromatic N) is 1. The summed E-state index contributed by atoms with van der Waals surface area (Å²) in [7, 11) is -7.23. The molecule has 4 rings (SSSR count). The SMILES string of the molecule is CC1(C)[C@H]2CC[C@@]1(C)[C@H](NS(=O)(=O)c1ccc(S(=O)(=O)N3CCCC3)cc1)C2. The minimum absolute atomic E-state index is 0.0518. The Balaban J connectivity index is 1.54. The average molecular weight is 427 g/mol. The van der Waals surface area contributed by atoms with Crippen LogP contribution in [0.1, 0.15) is 52.9 Å². The van der Waals surface area contributed by atoms with Crippen LogP contribution in [0.25, 0.3) is 0 Å². The molecule has 0 spiro atoms. The van der Waals surface area contributed by atoms with Gasteiger partial charge in [-0.3, -0.25) is 0 Å². The van der Waals surface area contributed by atoms with E-state index in [1.165, 1.54) is 28.6 Å². The van der Waals surface area contributed by atoms with Crippen molar-refractivity contribution in [2.45, 2.75) is 68.7 Å². The molecule has 1 N–H and O–H groups in total. The van der Waals surface area contributed by atoms with Crippen molar-refractivity contribution in [3.8, 4) is 0 Å². The maximum absolute atomic E-state index is 13.0. The van der Waals surface area contributed by atoms with E-state index in [1.807, 2.05) is 0 Å². The first-order valence-electron chi connectivity index (χ1n) is 10.1. The zero-order chi connectivity index (χ0) is 20.4. The first-order chi connectivity index (χ1) is 13.0. The smallest absolute Gasteiger partial charge is 0.207 e. The molecule has 0 radical (unpaired) electrons. The molecule has 3 fully saturated rings. The summed E-state index contributed by atoms with van der Waals surface area (Å²) in [6.45, 7) is 7.75. The van der Waals surface area contributed by atoms with Crippen molar-refractivity contribution in [3.05, 3.63) is 24.3 Å². The van der Waals surface area contributed by atoms with Crippen molar-refractivity contribution in [2.75, 3.05) is 13.1 Å². The highest BCUT2D eigenvalue weighted by molar-refractivity contribution is 7.89. The van der Waals surface area contributed by atoms with Gasteiger partial charge in [-0.15, -0.1) is 0 Å². The molecule has 156 valence electrons.